The molecule has 0 spiro atoms. The number of piperidine rings is 1. The third-order valence-electron chi connectivity index (χ3n) is 3.93. The highest BCUT2D eigenvalue weighted by atomic mass is 19.1. The number of rotatable bonds is 4. The number of pyridine rings is 1. The lowest BCUT2D eigenvalue weighted by atomic mass is 9.92. The van der Waals surface area contributed by atoms with Crippen LogP contribution >= 0.6 is 0 Å². The fraction of sp³-hybridized carbons (Fsp3) is 0.294. The molecule has 1 saturated heterocycles. The van der Waals surface area contributed by atoms with Crippen LogP contribution in [-0.2, 0) is 11.3 Å². The molecule has 0 unspecified atom stereocenters. The van der Waals surface area contributed by atoms with Gasteiger partial charge in [0.05, 0.1) is 11.7 Å². The molecule has 2 heterocycles. The molecule has 1 amide bonds. The predicted molar refractivity (Wildman–Crippen MR) is 81.4 cm³/mol. The Bertz CT molecular complexity index is 647. The van der Waals surface area contributed by atoms with Gasteiger partial charge in [0, 0.05) is 25.2 Å². The minimum absolute atomic E-state index is 0.0518. The van der Waals surface area contributed by atoms with E-state index in [9.17, 15) is 9.18 Å². The second-order valence-electron chi connectivity index (χ2n) is 5.41. The Morgan fingerprint density at radius 3 is 2.82 bits per heavy atom. The van der Waals surface area contributed by atoms with Crippen LogP contribution in [0.2, 0.25) is 0 Å². The Morgan fingerprint density at radius 1 is 1.23 bits per heavy atom. The highest BCUT2D eigenvalue weighted by molar-refractivity contribution is 5.77. The van der Waals surface area contributed by atoms with E-state index in [1.807, 2.05) is 30.3 Å². The first-order valence-corrected chi connectivity index (χ1v) is 7.41. The van der Waals surface area contributed by atoms with Gasteiger partial charge in [-0.2, -0.15) is 0 Å². The Hall–Kier alpha value is -2.27. The summed E-state index contributed by atoms with van der Waals surface area (Å²) >= 11 is 0. The van der Waals surface area contributed by atoms with Gasteiger partial charge in [-0.15, -0.1) is 0 Å². The summed E-state index contributed by atoms with van der Waals surface area (Å²) in [5.41, 5.74) is 1.45. The zero-order valence-corrected chi connectivity index (χ0v) is 12.1. The molecule has 0 bridgehead atoms. The van der Waals surface area contributed by atoms with Crippen molar-refractivity contribution >= 4 is 5.91 Å². The van der Waals surface area contributed by atoms with E-state index in [4.69, 9.17) is 0 Å². The summed E-state index contributed by atoms with van der Waals surface area (Å²) < 4.78 is 13.7. The summed E-state index contributed by atoms with van der Waals surface area (Å²) in [4.78, 5) is 15.8. The van der Waals surface area contributed by atoms with Crippen LogP contribution in [0, 0.1) is 5.82 Å². The first-order valence-electron chi connectivity index (χ1n) is 7.41. The van der Waals surface area contributed by atoms with Crippen LogP contribution < -0.4 is 10.6 Å². The third kappa shape index (κ3) is 3.31. The van der Waals surface area contributed by atoms with Crippen LogP contribution in [0.3, 0.4) is 0 Å². The molecular weight excluding hydrogens is 281 g/mol. The molecule has 1 fully saturated rings. The number of benzene rings is 1. The second kappa shape index (κ2) is 6.66. The molecule has 1 aromatic heterocycles. The van der Waals surface area contributed by atoms with Crippen molar-refractivity contribution in [1.82, 2.24) is 15.6 Å². The molecule has 4 nitrogen and oxygen atoms in total. The van der Waals surface area contributed by atoms with Crippen molar-refractivity contribution in [1.29, 1.82) is 0 Å². The molecular formula is C17H18FN3O. The van der Waals surface area contributed by atoms with Crippen LogP contribution in [-0.4, -0.2) is 16.9 Å². The molecule has 0 radical (unpaired) electrons. The van der Waals surface area contributed by atoms with Gasteiger partial charge in [0.25, 0.3) is 0 Å². The van der Waals surface area contributed by atoms with Gasteiger partial charge in [0.2, 0.25) is 5.91 Å². The number of nitrogens with zero attached hydrogens (tertiary/aromatic N) is 1. The van der Waals surface area contributed by atoms with Crippen LogP contribution in [0.5, 0.6) is 0 Å². The molecule has 1 aliphatic rings. The van der Waals surface area contributed by atoms with Gasteiger partial charge in [0.1, 0.15) is 5.82 Å². The number of aromatic nitrogens is 1. The van der Waals surface area contributed by atoms with Gasteiger partial charge in [0.15, 0.2) is 0 Å². The topological polar surface area (TPSA) is 54.0 Å². The van der Waals surface area contributed by atoms with Gasteiger partial charge < -0.3 is 10.6 Å². The first-order chi connectivity index (χ1) is 10.7. The van der Waals surface area contributed by atoms with Gasteiger partial charge in [-0.25, -0.2) is 4.39 Å². The standard InChI is InChI=1S/C17H18FN3O/c18-13-7-4-10-19-15(13)11-20-14-8-9-16(22)21-17(14)12-5-2-1-3-6-12/h1-7,10,14,17,20H,8-9,11H2,(H,21,22)/t14-,17+/m1/s1. The average molecular weight is 299 g/mol. The Kier molecular flexibility index (Phi) is 4.44. The maximum absolute atomic E-state index is 13.7. The lowest BCUT2D eigenvalue weighted by Crippen LogP contribution is -2.48. The van der Waals surface area contributed by atoms with Crippen molar-refractivity contribution < 1.29 is 9.18 Å². The number of carbonyl (C=O) groups is 1. The average Bonchev–Trinajstić information content (AvgIpc) is 2.56. The molecule has 3 rings (SSSR count). The Labute approximate surface area is 128 Å². The maximum Gasteiger partial charge on any atom is 0.220 e. The van der Waals surface area contributed by atoms with E-state index < -0.39 is 0 Å². The number of hydrogen-bond donors (Lipinski definition) is 2. The minimum Gasteiger partial charge on any atom is -0.348 e. The summed E-state index contributed by atoms with van der Waals surface area (Å²) in [5, 5.41) is 6.35. The van der Waals surface area contributed by atoms with Crippen LogP contribution in [0.15, 0.2) is 48.7 Å². The van der Waals surface area contributed by atoms with E-state index in [0.717, 1.165) is 12.0 Å². The molecule has 2 atom stereocenters. The normalized spacial score (nSPS) is 21.4. The largest absolute Gasteiger partial charge is 0.348 e. The van der Waals surface area contributed by atoms with Gasteiger partial charge in [-0.05, 0) is 24.1 Å². The molecule has 0 aliphatic carbocycles. The van der Waals surface area contributed by atoms with Gasteiger partial charge >= 0.3 is 0 Å². The Morgan fingerprint density at radius 2 is 2.05 bits per heavy atom. The maximum atomic E-state index is 13.7. The van der Waals surface area contributed by atoms with E-state index in [-0.39, 0.29) is 23.8 Å². The zero-order chi connectivity index (χ0) is 15.4. The molecule has 22 heavy (non-hydrogen) atoms. The van der Waals surface area contributed by atoms with E-state index in [1.165, 1.54) is 6.07 Å². The molecule has 1 aromatic carbocycles. The fourth-order valence-electron chi connectivity index (χ4n) is 2.77. The summed E-state index contributed by atoms with van der Waals surface area (Å²) in [5.74, 6) is -0.262. The second-order valence-corrected chi connectivity index (χ2v) is 5.41. The lowest BCUT2D eigenvalue weighted by Gasteiger charge is -2.33. The zero-order valence-electron chi connectivity index (χ0n) is 12.1. The van der Waals surface area contributed by atoms with E-state index in [1.54, 1.807) is 12.3 Å². The highest BCUT2D eigenvalue weighted by Gasteiger charge is 2.29. The number of hydrogen-bond acceptors (Lipinski definition) is 3. The number of amides is 1. The van der Waals surface area contributed by atoms with Crippen molar-refractivity contribution in [2.75, 3.05) is 0 Å². The van der Waals surface area contributed by atoms with Crippen molar-refractivity contribution in [2.45, 2.75) is 31.5 Å². The van der Waals surface area contributed by atoms with Gasteiger partial charge in [-0.3, -0.25) is 9.78 Å². The van der Waals surface area contributed by atoms with Crippen LogP contribution in [0.4, 0.5) is 4.39 Å². The van der Waals surface area contributed by atoms with Crippen LogP contribution in [0.25, 0.3) is 0 Å². The monoisotopic (exact) mass is 299 g/mol. The lowest BCUT2D eigenvalue weighted by molar-refractivity contribution is -0.123. The summed E-state index contributed by atoms with van der Waals surface area (Å²) in [6, 6.07) is 12.8. The van der Waals surface area contributed by atoms with Crippen molar-refractivity contribution in [2.24, 2.45) is 0 Å². The highest BCUT2D eigenvalue weighted by Crippen LogP contribution is 2.24. The van der Waals surface area contributed by atoms with E-state index in [0.29, 0.717) is 18.7 Å². The number of carbonyl (C=O) groups excluding carboxylic acids is 1. The number of halogens is 1. The van der Waals surface area contributed by atoms with E-state index >= 15 is 0 Å². The van der Waals surface area contributed by atoms with Crippen molar-refractivity contribution in [3.05, 3.63) is 65.7 Å². The quantitative estimate of drug-likeness (QED) is 0.911. The van der Waals surface area contributed by atoms with E-state index in [2.05, 4.69) is 15.6 Å². The molecule has 5 heteroatoms. The van der Waals surface area contributed by atoms with Crippen LogP contribution in [0.1, 0.15) is 30.1 Å². The summed E-state index contributed by atoms with van der Waals surface area (Å²) in [6.07, 6.45) is 2.78. The van der Waals surface area contributed by atoms with Crippen molar-refractivity contribution in [3.63, 3.8) is 0 Å². The molecule has 1 aliphatic heterocycles. The molecule has 2 N–H and O–H groups in total. The molecule has 114 valence electrons. The smallest absolute Gasteiger partial charge is 0.220 e. The fourth-order valence-corrected chi connectivity index (χ4v) is 2.77. The third-order valence-corrected chi connectivity index (χ3v) is 3.93. The Balaban J connectivity index is 1.73. The summed E-state index contributed by atoms with van der Waals surface area (Å²) in [7, 11) is 0. The number of nitrogens with one attached hydrogen (secondary N) is 2. The molecule has 2 aromatic rings. The predicted octanol–water partition coefficient (Wildman–Crippen LogP) is 2.33. The van der Waals surface area contributed by atoms with Gasteiger partial charge in [-0.1, -0.05) is 30.3 Å². The SMILES string of the molecule is O=C1CC[C@@H](NCc2ncccc2F)[C@H](c2ccccc2)N1. The minimum atomic E-state index is -0.314. The first kappa shape index (κ1) is 14.7. The molecule has 0 saturated carbocycles. The van der Waals surface area contributed by atoms with Crippen molar-refractivity contribution in [3.8, 4) is 0 Å². The summed E-state index contributed by atoms with van der Waals surface area (Å²) in [6.45, 7) is 0.344.